The summed E-state index contributed by atoms with van der Waals surface area (Å²) in [5, 5.41) is 50.9. The van der Waals surface area contributed by atoms with Gasteiger partial charge < -0.3 is 36.9 Å². The fourth-order valence-corrected chi connectivity index (χ4v) is 6.24. The minimum absolute atomic E-state index is 0. The molecular formula is C52H70N2O7V2-10. The van der Waals surface area contributed by atoms with Crippen molar-refractivity contribution in [2.45, 2.75) is 170 Å². The minimum atomic E-state index is -0.268. The van der Waals surface area contributed by atoms with E-state index < -0.39 is 0 Å². The molecule has 0 saturated carbocycles. The van der Waals surface area contributed by atoms with E-state index in [9.17, 15) is 20.4 Å². The van der Waals surface area contributed by atoms with Crippen LogP contribution in [0.15, 0.2) is 70.6 Å². The van der Waals surface area contributed by atoms with E-state index in [2.05, 4.69) is 93.1 Å². The second-order valence-corrected chi connectivity index (χ2v) is 21.2. The first kappa shape index (κ1) is 63.8. The van der Waals surface area contributed by atoms with Gasteiger partial charge in [-0.05, 0) is 102 Å². The van der Waals surface area contributed by atoms with Crippen LogP contribution < -0.4 is 20.4 Å². The largest absolute Gasteiger partial charge is 2.00 e. The van der Waals surface area contributed by atoms with Gasteiger partial charge in [-0.2, -0.15) is 0 Å². The molecule has 0 aliphatic heterocycles. The SMILES string of the molecule is CCC(C)(C)c1ccc([O-])c(N=Cc2cc(C(C)(C)C)cc(C(C)(C)C)c2[O-])c1.CCC(C)(C)c1ccc([O-])c(N=Cc2cc(C(C)(C)C)cc(C(C)(C)C)c2[O-])c1.[O-2].[O-2].[O-2].[V].[V]. The van der Waals surface area contributed by atoms with E-state index >= 15 is 0 Å². The van der Waals surface area contributed by atoms with Gasteiger partial charge in [0, 0.05) is 49.5 Å². The molecule has 0 aromatic heterocycles. The first-order chi connectivity index (χ1) is 26.3. The molecular weight excluding hydrogens is 866 g/mol. The summed E-state index contributed by atoms with van der Waals surface area (Å²) >= 11 is 0. The third-order valence-corrected chi connectivity index (χ3v) is 11.5. The summed E-state index contributed by atoms with van der Waals surface area (Å²) in [6.07, 6.45) is 5.04. The van der Waals surface area contributed by atoms with Gasteiger partial charge in [0.25, 0.3) is 0 Å². The summed E-state index contributed by atoms with van der Waals surface area (Å²) in [5.41, 5.74) is 6.90. The monoisotopic (exact) mass is 936 g/mol. The number of nitrogens with zero attached hydrogens (tertiary/aromatic N) is 2. The van der Waals surface area contributed by atoms with E-state index in [0.717, 1.165) is 46.2 Å². The Bertz CT molecular complexity index is 2000. The Labute approximate surface area is 403 Å². The van der Waals surface area contributed by atoms with Crippen LogP contribution in [0.2, 0.25) is 0 Å². The normalized spacial score (nSPS) is 12.2. The van der Waals surface area contributed by atoms with Gasteiger partial charge >= 0.3 is 0 Å². The molecule has 0 saturated heterocycles. The van der Waals surface area contributed by atoms with Gasteiger partial charge in [-0.1, -0.05) is 196 Å². The number of rotatable bonds is 8. The molecule has 0 amide bonds. The van der Waals surface area contributed by atoms with Crippen molar-refractivity contribution >= 4 is 23.8 Å². The summed E-state index contributed by atoms with van der Waals surface area (Å²) in [6.45, 7) is 37.9. The van der Waals surface area contributed by atoms with Gasteiger partial charge in [-0.25, -0.2) is 0 Å². The van der Waals surface area contributed by atoms with E-state index in [1.54, 1.807) is 24.6 Å². The molecule has 4 rings (SSSR count). The first-order valence-electron chi connectivity index (χ1n) is 20.8. The second kappa shape index (κ2) is 23.6. The average molecular weight is 937 g/mol. The van der Waals surface area contributed by atoms with Crippen molar-refractivity contribution < 1.29 is 74.0 Å². The van der Waals surface area contributed by atoms with Crippen LogP contribution in [0.1, 0.15) is 182 Å². The summed E-state index contributed by atoms with van der Waals surface area (Å²) in [6, 6.07) is 18.5. The van der Waals surface area contributed by atoms with Crippen LogP contribution in [0.5, 0.6) is 23.0 Å². The first-order valence-corrected chi connectivity index (χ1v) is 20.8. The molecule has 4 aromatic carbocycles. The van der Waals surface area contributed by atoms with E-state index in [1.807, 2.05) is 90.1 Å². The summed E-state index contributed by atoms with van der Waals surface area (Å²) in [5.74, 6) is -0.307. The van der Waals surface area contributed by atoms with Gasteiger partial charge in [-0.15, -0.1) is 0 Å². The molecule has 2 radical (unpaired) electrons. The summed E-state index contributed by atoms with van der Waals surface area (Å²) in [7, 11) is 0. The van der Waals surface area contributed by atoms with Crippen molar-refractivity contribution in [1.29, 1.82) is 0 Å². The molecule has 63 heavy (non-hydrogen) atoms. The summed E-state index contributed by atoms with van der Waals surface area (Å²) < 4.78 is 0. The van der Waals surface area contributed by atoms with E-state index in [-0.39, 0.29) is 109 Å². The van der Waals surface area contributed by atoms with Crippen molar-refractivity contribution in [3.05, 3.63) is 105 Å². The Kier molecular flexibility index (Phi) is 23.9. The van der Waals surface area contributed by atoms with Crippen molar-refractivity contribution in [3.63, 3.8) is 0 Å². The van der Waals surface area contributed by atoms with E-state index in [1.165, 1.54) is 0 Å². The van der Waals surface area contributed by atoms with Gasteiger partial charge in [0.05, 0.1) is 11.4 Å². The molecule has 4 aromatic rings. The molecule has 11 heteroatoms. The Balaban J connectivity index is -0.00000106. The van der Waals surface area contributed by atoms with Crippen LogP contribution in [-0.2, 0) is 86.0 Å². The summed E-state index contributed by atoms with van der Waals surface area (Å²) in [4.78, 5) is 8.91. The van der Waals surface area contributed by atoms with Crippen LogP contribution in [-0.4, -0.2) is 12.4 Å². The molecule has 0 bridgehead atoms. The van der Waals surface area contributed by atoms with Crippen LogP contribution >= 0.6 is 0 Å². The number of benzene rings is 4. The van der Waals surface area contributed by atoms with Crippen molar-refractivity contribution in [2.24, 2.45) is 9.98 Å². The average Bonchev–Trinajstić information content (AvgIpc) is 3.10. The zero-order valence-electron chi connectivity index (χ0n) is 41.0. The maximum absolute atomic E-state index is 13.1. The van der Waals surface area contributed by atoms with Crippen LogP contribution in [0.4, 0.5) is 11.4 Å². The van der Waals surface area contributed by atoms with Gasteiger partial charge in [0.1, 0.15) is 0 Å². The second-order valence-electron chi connectivity index (χ2n) is 21.2. The molecule has 0 aliphatic rings. The predicted octanol–water partition coefficient (Wildman–Crippen LogP) is 11.4. The van der Waals surface area contributed by atoms with E-state index in [0.29, 0.717) is 22.5 Å². The number of hydrogen-bond acceptors (Lipinski definition) is 6. The topological polar surface area (TPSA) is 202 Å². The number of aliphatic imine (C=N–C) groups is 2. The fraction of sp³-hybridized carbons (Fsp3) is 0.500. The quantitative estimate of drug-likeness (QED) is 0.158. The molecule has 0 spiro atoms. The minimum Gasteiger partial charge on any atom is -2.00 e. The Morgan fingerprint density at radius 2 is 0.698 bits per heavy atom. The van der Waals surface area contributed by atoms with E-state index in [4.69, 9.17) is 0 Å². The van der Waals surface area contributed by atoms with Gasteiger partial charge in [0.2, 0.25) is 0 Å². The molecule has 0 N–H and O–H groups in total. The molecule has 0 aliphatic carbocycles. The van der Waals surface area contributed by atoms with Gasteiger partial charge in [0.15, 0.2) is 0 Å². The zero-order chi connectivity index (χ0) is 44.4. The molecule has 350 valence electrons. The van der Waals surface area contributed by atoms with Crippen molar-refractivity contribution in [2.75, 3.05) is 0 Å². The van der Waals surface area contributed by atoms with Gasteiger partial charge in [-0.3, -0.25) is 9.98 Å². The Hall–Kier alpha value is -3.53. The smallest absolute Gasteiger partial charge is 0.0554 e. The Morgan fingerprint density at radius 1 is 0.413 bits per heavy atom. The van der Waals surface area contributed by atoms with Crippen molar-refractivity contribution in [3.8, 4) is 23.0 Å². The molecule has 0 heterocycles. The molecule has 0 unspecified atom stereocenters. The standard InChI is InChI=1S/2C26H37NO2.3O.2V/c2*1-10-26(8,9)18-11-12-22(28)21(15-18)27-16-17-13-19(24(2,3)4)14-20(23(17)29)25(5,6)7;;;;;/h2*11-16,28-29H,10H2,1-9H3;;;;;/q;;3*-2;;/p-4. The third-order valence-electron chi connectivity index (χ3n) is 11.5. The Morgan fingerprint density at radius 3 is 0.937 bits per heavy atom. The predicted molar refractivity (Wildman–Crippen MR) is 242 cm³/mol. The van der Waals surface area contributed by atoms with Crippen LogP contribution in [0.25, 0.3) is 0 Å². The molecule has 0 fully saturated rings. The maximum Gasteiger partial charge on any atom is 0.0554 e. The van der Waals surface area contributed by atoms with Crippen LogP contribution in [0.3, 0.4) is 0 Å². The zero-order valence-corrected chi connectivity index (χ0v) is 43.8. The third kappa shape index (κ3) is 16.4. The van der Waals surface area contributed by atoms with Crippen LogP contribution in [0, 0.1) is 0 Å². The van der Waals surface area contributed by atoms with Crippen molar-refractivity contribution in [1.82, 2.24) is 0 Å². The fourth-order valence-electron chi connectivity index (χ4n) is 6.24. The number of hydrogen-bond donors (Lipinski definition) is 0. The molecule has 9 nitrogen and oxygen atoms in total. The maximum atomic E-state index is 13.1. The molecule has 0 atom stereocenters.